The van der Waals surface area contributed by atoms with Crippen molar-refractivity contribution in [2.24, 2.45) is 5.92 Å². The zero-order valence-electron chi connectivity index (χ0n) is 13.9. The molecule has 1 saturated carbocycles. The third-order valence-corrected chi connectivity index (χ3v) is 5.38. The van der Waals surface area contributed by atoms with Crippen molar-refractivity contribution in [1.29, 1.82) is 0 Å². The van der Waals surface area contributed by atoms with Gasteiger partial charge in [0.2, 0.25) is 0 Å². The second-order valence-corrected chi connectivity index (χ2v) is 6.90. The summed E-state index contributed by atoms with van der Waals surface area (Å²) in [5.74, 6) is 1.59. The molecule has 0 spiro atoms. The van der Waals surface area contributed by atoms with Gasteiger partial charge in [-0.25, -0.2) is 0 Å². The maximum absolute atomic E-state index is 4.24. The number of hydrogen-bond donors (Lipinski definition) is 0. The lowest BCUT2D eigenvalue weighted by molar-refractivity contribution is 0.360. The van der Waals surface area contributed by atoms with Crippen LogP contribution in [0.15, 0.2) is 65.8 Å². The molecule has 0 aromatic heterocycles. The van der Waals surface area contributed by atoms with E-state index in [0.717, 1.165) is 18.3 Å². The van der Waals surface area contributed by atoms with Crippen LogP contribution >= 0.6 is 0 Å². The minimum absolute atomic E-state index is 0.780. The Kier molecular flexibility index (Phi) is 4.97. The van der Waals surface area contributed by atoms with E-state index in [-0.39, 0.29) is 0 Å². The third-order valence-electron chi connectivity index (χ3n) is 5.38. The zero-order chi connectivity index (χ0) is 15.4. The van der Waals surface area contributed by atoms with Crippen molar-refractivity contribution in [2.75, 3.05) is 0 Å². The molecule has 2 aliphatic carbocycles. The summed E-state index contributed by atoms with van der Waals surface area (Å²) in [7, 11) is 0. The fraction of sp³-hybridized carbons (Fsp3) is 0.455. The lowest BCUT2D eigenvalue weighted by Crippen LogP contribution is -2.14. The molecule has 2 aliphatic rings. The van der Waals surface area contributed by atoms with Crippen molar-refractivity contribution < 1.29 is 0 Å². The summed E-state index contributed by atoms with van der Waals surface area (Å²) in [5, 5.41) is 0. The van der Waals surface area contributed by atoms with Crippen molar-refractivity contribution in [3.05, 3.63) is 71.3 Å². The normalized spacial score (nSPS) is 24.8. The molecule has 1 aromatic carbocycles. The van der Waals surface area contributed by atoms with Crippen LogP contribution in [0.1, 0.15) is 63.4 Å². The first-order chi connectivity index (χ1) is 10.8. The Morgan fingerprint density at radius 1 is 1.05 bits per heavy atom. The maximum atomic E-state index is 4.24. The topological polar surface area (TPSA) is 0 Å². The van der Waals surface area contributed by atoms with E-state index in [1.807, 2.05) is 0 Å². The summed E-state index contributed by atoms with van der Waals surface area (Å²) in [6, 6.07) is 11.1. The van der Waals surface area contributed by atoms with Gasteiger partial charge in [-0.1, -0.05) is 68.0 Å². The van der Waals surface area contributed by atoms with Crippen molar-refractivity contribution in [3.63, 3.8) is 0 Å². The summed E-state index contributed by atoms with van der Waals surface area (Å²) in [5.41, 5.74) is 5.95. The summed E-state index contributed by atoms with van der Waals surface area (Å²) >= 11 is 0. The van der Waals surface area contributed by atoms with Crippen LogP contribution in [0.5, 0.6) is 0 Å². The van der Waals surface area contributed by atoms with Crippen LogP contribution < -0.4 is 0 Å². The molecular weight excluding hydrogens is 264 g/mol. The van der Waals surface area contributed by atoms with Crippen LogP contribution in [0.25, 0.3) is 0 Å². The van der Waals surface area contributed by atoms with Crippen molar-refractivity contribution in [1.82, 2.24) is 0 Å². The quantitative estimate of drug-likeness (QED) is 0.575. The molecular formula is C22H28. The molecule has 0 bridgehead atoms. The first-order valence-electron chi connectivity index (χ1n) is 8.91. The molecule has 0 amide bonds. The van der Waals surface area contributed by atoms with Gasteiger partial charge in [-0.2, -0.15) is 0 Å². The average molecular weight is 292 g/mol. The second kappa shape index (κ2) is 7.13. The van der Waals surface area contributed by atoms with E-state index in [1.54, 1.807) is 5.57 Å². The highest BCUT2D eigenvalue weighted by Crippen LogP contribution is 2.41. The molecule has 0 heteroatoms. The third kappa shape index (κ3) is 3.43. The van der Waals surface area contributed by atoms with Crippen LogP contribution in [0.2, 0.25) is 0 Å². The Hall–Kier alpha value is -1.56. The standard InChI is InChI=1S/C22H28/c1-3-7-17(2)21-14-15-22(16-21)20-12-10-19(11-13-20)18-8-5-4-6-9-18/h4-6,8-9,14,16,19-20H,2-3,7,10-13,15H2,1H3. The number of rotatable bonds is 5. The van der Waals surface area contributed by atoms with E-state index in [1.165, 1.54) is 55.2 Å². The molecule has 0 atom stereocenters. The fourth-order valence-corrected chi connectivity index (χ4v) is 4.05. The summed E-state index contributed by atoms with van der Waals surface area (Å²) in [6.07, 6.45) is 13.7. The van der Waals surface area contributed by atoms with E-state index in [9.17, 15) is 0 Å². The molecule has 22 heavy (non-hydrogen) atoms. The molecule has 0 N–H and O–H groups in total. The summed E-state index contributed by atoms with van der Waals surface area (Å²) in [4.78, 5) is 0. The molecule has 3 rings (SSSR count). The van der Waals surface area contributed by atoms with Crippen molar-refractivity contribution in [3.8, 4) is 0 Å². The minimum atomic E-state index is 0.780. The van der Waals surface area contributed by atoms with E-state index < -0.39 is 0 Å². The minimum Gasteiger partial charge on any atom is -0.0952 e. The number of hydrogen-bond acceptors (Lipinski definition) is 0. The Morgan fingerprint density at radius 3 is 2.41 bits per heavy atom. The molecule has 116 valence electrons. The van der Waals surface area contributed by atoms with Crippen LogP contribution in [0.3, 0.4) is 0 Å². The molecule has 0 radical (unpaired) electrons. The molecule has 0 unspecified atom stereocenters. The Bertz CT molecular complexity index is 565. The van der Waals surface area contributed by atoms with E-state index >= 15 is 0 Å². The summed E-state index contributed by atoms with van der Waals surface area (Å²) in [6.45, 7) is 6.48. The van der Waals surface area contributed by atoms with Gasteiger partial charge < -0.3 is 0 Å². The molecule has 0 aliphatic heterocycles. The fourth-order valence-electron chi connectivity index (χ4n) is 4.05. The van der Waals surface area contributed by atoms with Crippen molar-refractivity contribution >= 4 is 0 Å². The Labute approximate surface area is 135 Å². The predicted molar refractivity (Wildman–Crippen MR) is 96.0 cm³/mol. The van der Waals surface area contributed by atoms with Crippen LogP contribution in [0, 0.1) is 5.92 Å². The van der Waals surface area contributed by atoms with Crippen LogP contribution in [-0.4, -0.2) is 0 Å². The smallest absolute Gasteiger partial charge is 0.0124 e. The van der Waals surface area contributed by atoms with Gasteiger partial charge in [-0.05, 0) is 67.1 Å². The maximum Gasteiger partial charge on any atom is -0.0124 e. The lowest BCUT2D eigenvalue weighted by atomic mass is 9.75. The van der Waals surface area contributed by atoms with Gasteiger partial charge in [0.25, 0.3) is 0 Å². The van der Waals surface area contributed by atoms with Gasteiger partial charge >= 0.3 is 0 Å². The zero-order valence-corrected chi connectivity index (χ0v) is 13.9. The van der Waals surface area contributed by atoms with E-state index in [4.69, 9.17) is 0 Å². The highest BCUT2D eigenvalue weighted by atomic mass is 14.3. The SMILES string of the molecule is C=C(CCC)C1=CCC(C2CCC(c3ccccc3)CC2)=C1. The second-order valence-electron chi connectivity index (χ2n) is 6.90. The predicted octanol–water partition coefficient (Wildman–Crippen LogP) is 6.57. The number of allylic oxidation sites excluding steroid dienone is 5. The molecule has 0 saturated heterocycles. The first kappa shape index (κ1) is 15.3. The summed E-state index contributed by atoms with van der Waals surface area (Å²) < 4.78 is 0. The van der Waals surface area contributed by atoms with Gasteiger partial charge in [0.1, 0.15) is 0 Å². The lowest BCUT2D eigenvalue weighted by Gasteiger charge is -2.29. The molecule has 0 nitrogen and oxygen atoms in total. The van der Waals surface area contributed by atoms with Gasteiger partial charge in [0.05, 0.1) is 0 Å². The van der Waals surface area contributed by atoms with Crippen LogP contribution in [-0.2, 0) is 0 Å². The van der Waals surface area contributed by atoms with E-state index in [0.29, 0.717) is 0 Å². The Balaban J connectivity index is 1.57. The van der Waals surface area contributed by atoms with Gasteiger partial charge in [-0.15, -0.1) is 0 Å². The van der Waals surface area contributed by atoms with Gasteiger partial charge in [0, 0.05) is 0 Å². The monoisotopic (exact) mass is 292 g/mol. The van der Waals surface area contributed by atoms with Crippen LogP contribution in [0.4, 0.5) is 0 Å². The largest absolute Gasteiger partial charge is 0.0952 e. The Morgan fingerprint density at radius 2 is 1.73 bits per heavy atom. The van der Waals surface area contributed by atoms with Gasteiger partial charge in [-0.3, -0.25) is 0 Å². The average Bonchev–Trinajstić information content (AvgIpc) is 3.06. The molecule has 1 aromatic rings. The van der Waals surface area contributed by atoms with E-state index in [2.05, 4.69) is 56.0 Å². The highest BCUT2D eigenvalue weighted by molar-refractivity contribution is 5.46. The van der Waals surface area contributed by atoms with Crippen molar-refractivity contribution in [2.45, 2.75) is 57.8 Å². The highest BCUT2D eigenvalue weighted by Gasteiger charge is 2.25. The number of benzene rings is 1. The molecule has 0 heterocycles. The first-order valence-corrected chi connectivity index (χ1v) is 8.91. The molecule has 1 fully saturated rings. The van der Waals surface area contributed by atoms with Gasteiger partial charge in [0.15, 0.2) is 0 Å².